The second kappa shape index (κ2) is 67.0. The maximum absolute atomic E-state index is 12.9. The minimum Gasteiger partial charge on any atom is -0.508 e. The summed E-state index contributed by atoms with van der Waals surface area (Å²) < 4.78 is 67.3. The molecule has 0 radical (unpaired) electrons. The van der Waals surface area contributed by atoms with Crippen LogP contribution >= 0.6 is 0 Å². The largest absolute Gasteiger partial charge is 0.508 e. The first-order valence-corrected chi connectivity index (χ1v) is 48.9. The number of fused-ring (bicyclic) bond motifs is 2. The zero-order valence-corrected chi connectivity index (χ0v) is 83.8. The van der Waals surface area contributed by atoms with Crippen molar-refractivity contribution in [3.05, 3.63) is 120 Å². The summed E-state index contributed by atoms with van der Waals surface area (Å²) >= 11 is 0. The summed E-state index contributed by atoms with van der Waals surface area (Å²) in [6.07, 6.45) is 12.7. The summed E-state index contributed by atoms with van der Waals surface area (Å²) in [6, 6.07) is 32.2. The van der Waals surface area contributed by atoms with Gasteiger partial charge < -0.3 is 87.1 Å². The van der Waals surface area contributed by atoms with Crippen LogP contribution in [-0.4, -0.2) is 182 Å². The van der Waals surface area contributed by atoms with Gasteiger partial charge in [0.05, 0.1) is 136 Å². The summed E-state index contributed by atoms with van der Waals surface area (Å²) in [7, 11) is 1.57. The van der Waals surface area contributed by atoms with E-state index >= 15 is 0 Å². The molecule has 14 atom stereocenters. The second-order valence-electron chi connectivity index (χ2n) is 35.5. The van der Waals surface area contributed by atoms with Crippen LogP contribution in [0, 0.1) is 82.9 Å². The van der Waals surface area contributed by atoms with Gasteiger partial charge in [0.1, 0.15) is 30.8 Å². The van der Waals surface area contributed by atoms with Crippen molar-refractivity contribution in [1.29, 1.82) is 0 Å². The lowest BCUT2D eigenvalue weighted by Gasteiger charge is -2.28. The van der Waals surface area contributed by atoms with Crippen molar-refractivity contribution in [2.45, 2.75) is 297 Å². The quantitative estimate of drug-likeness (QED) is 0.0104. The van der Waals surface area contributed by atoms with Crippen LogP contribution in [0.3, 0.4) is 0 Å². The number of rotatable bonds is 51. The Hall–Kier alpha value is -10.3. The lowest BCUT2D eigenvalue weighted by molar-refractivity contribution is -0.161. The zero-order valence-electron chi connectivity index (χ0n) is 83.8. The van der Waals surface area contributed by atoms with Gasteiger partial charge in [-0.15, -0.1) is 0 Å². The Labute approximate surface area is 805 Å². The van der Waals surface area contributed by atoms with Crippen LogP contribution in [0.2, 0.25) is 0 Å². The molecule has 0 spiro atoms. The number of aliphatic hydroxyl groups is 4. The highest BCUT2D eigenvalue weighted by molar-refractivity contribution is 5.99. The second-order valence-corrected chi connectivity index (χ2v) is 35.5. The third-order valence-electron chi connectivity index (χ3n) is 24.6. The SMILES string of the molecule is CCOC(=O)C(CC(C)C(=O)OCc1ccc(OC)cc1)CC(CC)C(=O)OCO.CCOC(=O)C(CC(C)C(=O)OCc1cccc2cc3ccccc3cc12)CC(CC)C(=O)OCO.CCOC(=O)C(CC)CC(C)C(=O)OC(C)CC1CCC(O)CC1.CCOC(=O)C(CC)CC(C)C(=O)OC(C)Cc1ccc(O)cc1.CCOC(=O)C(CC)CC(C)C(=O)OCC1CCC(O)CC1. The van der Waals surface area contributed by atoms with E-state index < -0.39 is 84.9 Å². The highest BCUT2D eigenvalue weighted by Crippen LogP contribution is 2.34. The molecule has 0 amide bonds. The standard InChI is InChI=1S/C29H34O7.C22H32O8.C19H34O5.C19H28O5.C17H30O5/c1-4-20(28(32)36-18-30)14-25(29(33)34-5-2)13-19(3)27(31)35-17-24-12-8-11-23-15-21-9-6-7-10-22(21)16-26(23)24;1-5-17(21(25)30-14-23)12-18(22(26)28-6-2)11-15(3)20(24)29-13-16-7-9-19(27-4)10-8-16;2*1-5-16(19(22)23-6-2)11-13(3)18(21)24-14(4)12-15-7-9-17(20)10-8-15;1-4-14(17(20)21-5-2)10-12(3)16(19)22-11-13-6-8-15(18)9-7-13/h6-12,15-16,19-20,25,30H,4-5,13-14,17-18H2,1-3H3;7-10,15,17-18,23H,5-6,11-14H2,1-4H3;13-17,20H,5-12H2,1-4H3;7-10,13-14,16,20H,5-6,11-12H2,1-4H3;12-15,18H,4-11H2,1-3H3. The number of aliphatic hydroxyl groups excluding tert-OH is 4. The topological polar surface area (TPSA) is 426 Å². The number of aromatic hydroxyl groups is 1. The molecule has 7 rings (SSSR count). The fourth-order valence-electron chi connectivity index (χ4n) is 16.3. The van der Waals surface area contributed by atoms with E-state index in [1.165, 1.54) is 0 Å². The third-order valence-corrected chi connectivity index (χ3v) is 24.6. The Kier molecular flexibility index (Phi) is 59.1. The van der Waals surface area contributed by atoms with Crippen LogP contribution in [0.15, 0.2) is 103 Å². The molecule has 0 aromatic heterocycles. The molecule has 0 aliphatic heterocycles. The molecule has 0 heterocycles. The van der Waals surface area contributed by atoms with Gasteiger partial charge in [0.25, 0.3) is 0 Å². The lowest BCUT2D eigenvalue weighted by Crippen LogP contribution is -2.29. The fraction of sp³-hybridized carbons (Fsp3) is 0.642. The smallest absolute Gasteiger partial charge is 0.311 e. The van der Waals surface area contributed by atoms with Gasteiger partial charge in [-0.3, -0.25) is 57.5 Å². The van der Waals surface area contributed by atoms with E-state index in [9.17, 15) is 72.9 Å². The Morgan fingerprint density at radius 1 is 0.331 bits per heavy atom. The minimum atomic E-state index is -0.716. The van der Waals surface area contributed by atoms with Gasteiger partial charge in [-0.2, -0.15) is 0 Å². The number of benzene rings is 5. The van der Waals surface area contributed by atoms with Gasteiger partial charge >= 0.3 is 71.6 Å². The molecule has 5 N–H and O–H groups in total. The van der Waals surface area contributed by atoms with E-state index in [0.717, 1.165) is 96.0 Å². The molecule has 2 aliphatic carbocycles. The Morgan fingerprint density at radius 3 is 1.07 bits per heavy atom. The highest BCUT2D eigenvalue weighted by atomic mass is 16.6. The third kappa shape index (κ3) is 45.3. The van der Waals surface area contributed by atoms with Crippen molar-refractivity contribution in [2.75, 3.05) is 60.3 Å². The summed E-state index contributed by atoms with van der Waals surface area (Å²) in [5, 5.41) is 50.3. The first-order chi connectivity index (χ1) is 64.9. The number of hydrogen-bond acceptors (Lipinski definition) is 30. The van der Waals surface area contributed by atoms with E-state index in [2.05, 4.69) is 29.0 Å². The van der Waals surface area contributed by atoms with Crippen LogP contribution in [0.1, 0.15) is 269 Å². The van der Waals surface area contributed by atoms with E-state index in [0.29, 0.717) is 102 Å². The molecule has 5 aromatic rings. The number of methoxy groups -OCH3 is 1. The number of esters is 12. The summed E-state index contributed by atoms with van der Waals surface area (Å²) in [5.74, 6) is -8.03. The number of phenolic OH excluding ortho intramolecular Hbond substituents is 1. The van der Waals surface area contributed by atoms with Crippen molar-refractivity contribution in [3.8, 4) is 11.5 Å². The lowest BCUT2D eigenvalue weighted by atomic mass is 9.84. The highest BCUT2D eigenvalue weighted by Gasteiger charge is 2.36. The maximum atomic E-state index is 12.9. The molecule has 5 aromatic carbocycles. The molecular formula is C106H158O30. The Morgan fingerprint density at radius 2 is 0.669 bits per heavy atom. The summed E-state index contributed by atoms with van der Waals surface area (Å²) in [5.41, 5.74) is 2.70. The van der Waals surface area contributed by atoms with Gasteiger partial charge in [-0.1, -0.05) is 136 Å². The zero-order chi connectivity index (χ0) is 101. The molecule has 2 aliphatic rings. The van der Waals surface area contributed by atoms with Crippen molar-refractivity contribution >= 4 is 93.2 Å². The van der Waals surface area contributed by atoms with Crippen molar-refractivity contribution in [3.63, 3.8) is 0 Å². The molecule has 2 fully saturated rings. The Bertz CT molecular complexity index is 4340. The van der Waals surface area contributed by atoms with Crippen LogP contribution in [0.4, 0.5) is 0 Å². The first-order valence-electron chi connectivity index (χ1n) is 48.9. The number of hydrogen-bond donors (Lipinski definition) is 5. The van der Waals surface area contributed by atoms with Crippen molar-refractivity contribution in [2.24, 2.45) is 82.9 Å². The maximum Gasteiger partial charge on any atom is 0.311 e. The fourth-order valence-corrected chi connectivity index (χ4v) is 16.3. The van der Waals surface area contributed by atoms with Crippen LogP contribution in [0.5, 0.6) is 11.5 Å². The molecule has 136 heavy (non-hydrogen) atoms. The Balaban J connectivity index is 0.000000443. The number of phenols is 1. The van der Waals surface area contributed by atoms with E-state index in [-0.39, 0.29) is 154 Å². The van der Waals surface area contributed by atoms with Crippen LogP contribution < -0.4 is 4.74 Å². The van der Waals surface area contributed by atoms with Gasteiger partial charge in [0.2, 0.25) is 0 Å². The van der Waals surface area contributed by atoms with Gasteiger partial charge in [0, 0.05) is 6.42 Å². The molecule has 2 saturated carbocycles. The van der Waals surface area contributed by atoms with E-state index in [4.69, 9.17) is 67.1 Å². The molecule has 30 nitrogen and oxygen atoms in total. The van der Waals surface area contributed by atoms with Crippen LogP contribution in [-0.2, 0) is 134 Å². The monoisotopic (exact) mass is 1910 g/mol. The van der Waals surface area contributed by atoms with Crippen molar-refractivity contribution < 1.29 is 145 Å². The predicted octanol–water partition coefficient (Wildman–Crippen LogP) is 17.7. The van der Waals surface area contributed by atoms with Crippen molar-refractivity contribution in [1.82, 2.24) is 0 Å². The molecule has 0 saturated heterocycles. The summed E-state index contributed by atoms with van der Waals surface area (Å²) in [6.45, 7) is 31.3. The average molecular weight is 1910 g/mol. The first kappa shape index (κ1) is 120. The predicted molar refractivity (Wildman–Crippen MR) is 512 cm³/mol. The van der Waals surface area contributed by atoms with Crippen LogP contribution in [0.25, 0.3) is 21.5 Å². The molecule has 14 unspecified atom stereocenters. The minimum absolute atomic E-state index is 0.109. The van der Waals surface area contributed by atoms with Gasteiger partial charge in [0.15, 0.2) is 13.6 Å². The number of carbonyl (C=O) groups is 12. The number of ether oxygens (including phenoxy) is 13. The van der Waals surface area contributed by atoms with Gasteiger partial charge in [-0.25, -0.2) is 0 Å². The van der Waals surface area contributed by atoms with Gasteiger partial charge in [-0.05, 0) is 270 Å². The molecular weight excluding hydrogens is 1750 g/mol. The van der Waals surface area contributed by atoms with E-state index in [1.54, 1.807) is 132 Å². The van der Waals surface area contributed by atoms with E-state index in [1.807, 2.05) is 71.9 Å². The molecule has 762 valence electrons. The molecule has 0 bridgehead atoms. The summed E-state index contributed by atoms with van der Waals surface area (Å²) in [4.78, 5) is 146. The normalized spacial score (nSPS) is 17.5. The number of carbonyl (C=O) groups excluding carboxylic acids is 12. The average Bonchev–Trinajstić information content (AvgIpc) is 0.788. The molecule has 30 heteroatoms.